The summed E-state index contributed by atoms with van der Waals surface area (Å²) in [5, 5.41) is 0. The molecular weight excluding hydrogens is 186 g/mol. The summed E-state index contributed by atoms with van der Waals surface area (Å²) in [6.45, 7) is 2.08. The molecule has 0 aliphatic carbocycles. The molecule has 2 nitrogen and oxygen atoms in total. The van der Waals surface area contributed by atoms with Crippen molar-refractivity contribution in [1.29, 1.82) is 0 Å². The minimum absolute atomic E-state index is 0.653. The summed E-state index contributed by atoms with van der Waals surface area (Å²) in [5.41, 5.74) is 1.04. The third-order valence-electron chi connectivity index (χ3n) is 2.11. The monoisotopic (exact) mass is 199 g/mol. The van der Waals surface area contributed by atoms with Gasteiger partial charge in [0.05, 0.1) is 0 Å². The lowest BCUT2D eigenvalue weighted by atomic mass is 10.3. The highest BCUT2D eigenvalue weighted by Crippen LogP contribution is 2.18. The van der Waals surface area contributed by atoms with E-state index in [1.807, 2.05) is 48.5 Å². The fourth-order valence-corrected chi connectivity index (χ4v) is 1.32. The van der Waals surface area contributed by atoms with Gasteiger partial charge < -0.3 is 4.74 Å². The van der Waals surface area contributed by atoms with Crippen LogP contribution in [0.1, 0.15) is 12.6 Å². The predicted octanol–water partition coefficient (Wildman–Crippen LogP) is 3.44. The lowest BCUT2D eigenvalue weighted by Gasteiger charge is -2.05. The third kappa shape index (κ3) is 2.56. The van der Waals surface area contributed by atoms with Crippen LogP contribution in [-0.2, 0) is 6.42 Å². The van der Waals surface area contributed by atoms with Crippen molar-refractivity contribution in [2.45, 2.75) is 13.3 Å². The molecule has 76 valence electrons. The average molecular weight is 199 g/mol. The van der Waals surface area contributed by atoms with Gasteiger partial charge in [-0.2, -0.15) is 0 Å². The van der Waals surface area contributed by atoms with Crippen LogP contribution in [0.15, 0.2) is 48.5 Å². The molecule has 0 amide bonds. The highest BCUT2D eigenvalue weighted by Gasteiger charge is 1.98. The minimum Gasteiger partial charge on any atom is -0.439 e. The molecule has 0 unspecified atom stereocenters. The van der Waals surface area contributed by atoms with E-state index in [1.54, 1.807) is 0 Å². The van der Waals surface area contributed by atoms with Crippen LogP contribution in [0.2, 0.25) is 0 Å². The summed E-state index contributed by atoms with van der Waals surface area (Å²) in [6.07, 6.45) is 0.923. The lowest BCUT2D eigenvalue weighted by Crippen LogP contribution is -1.91. The topological polar surface area (TPSA) is 22.1 Å². The normalized spacial score (nSPS) is 9.93. The number of pyridine rings is 1. The zero-order valence-corrected chi connectivity index (χ0v) is 8.68. The van der Waals surface area contributed by atoms with Crippen LogP contribution < -0.4 is 4.74 Å². The highest BCUT2D eigenvalue weighted by molar-refractivity contribution is 5.27. The van der Waals surface area contributed by atoms with Crippen LogP contribution in [-0.4, -0.2) is 4.98 Å². The summed E-state index contributed by atoms with van der Waals surface area (Å²) in [5.74, 6) is 1.47. The lowest BCUT2D eigenvalue weighted by molar-refractivity contribution is 0.461. The molecule has 0 saturated carbocycles. The Morgan fingerprint density at radius 2 is 1.80 bits per heavy atom. The minimum atomic E-state index is 0.653. The van der Waals surface area contributed by atoms with E-state index in [-0.39, 0.29) is 0 Å². The Labute approximate surface area is 89.6 Å². The number of nitrogens with zero attached hydrogens (tertiary/aromatic N) is 1. The zero-order chi connectivity index (χ0) is 10.5. The number of aromatic nitrogens is 1. The highest BCUT2D eigenvalue weighted by atomic mass is 16.5. The molecule has 2 heteroatoms. The van der Waals surface area contributed by atoms with Crippen LogP contribution in [0.3, 0.4) is 0 Å². The molecule has 0 aliphatic rings. The van der Waals surface area contributed by atoms with E-state index in [1.165, 1.54) is 0 Å². The quantitative estimate of drug-likeness (QED) is 0.755. The van der Waals surface area contributed by atoms with Crippen molar-refractivity contribution in [2.24, 2.45) is 0 Å². The van der Waals surface area contributed by atoms with E-state index < -0.39 is 0 Å². The van der Waals surface area contributed by atoms with Gasteiger partial charge in [-0.15, -0.1) is 0 Å². The van der Waals surface area contributed by atoms with Gasteiger partial charge in [0.25, 0.3) is 0 Å². The fourth-order valence-electron chi connectivity index (χ4n) is 1.32. The van der Waals surface area contributed by atoms with Crippen molar-refractivity contribution in [3.05, 3.63) is 54.2 Å². The molecule has 0 bridgehead atoms. The van der Waals surface area contributed by atoms with Gasteiger partial charge in [0.1, 0.15) is 5.75 Å². The molecule has 1 aromatic carbocycles. The smallest absolute Gasteiger partial charge is 0.219 e. The molecule has 0 radical (unpaired) electrons. The first kappa shape index (κ1) is 9.71. The van der Waals surface area contributed by atoms with Gasteiger partial charge >= 0.3 is 0 Å². The Hall–Kier alpha value is -1.83. The molecule has 0 aliphatic heterocycles. The van der Waals surface area contributed by atoms with E-state index in [0.717, 1.165) is 17.9 Å². The van der Waals surface area contributed by atoms with Crippen LogP contribution in [0.25, 0.3) is 0 Å². The molecule has 0 atom stereocenters. The number of hydrogen-bond donors (Lipinski definition) is 0. The first-order valence-electron chi connectivity index (χ1n) is 5.07. The molecule has 1 heterocycles. The van der Waals surface area contributed by atoms with E-state index in [9.17, 15) is 0 Å². The second kappa shape index (κ2) is 4.60. The second-order valence-corrected chi connectivity index (χ2v) is 3.24. The number of ether oxygens (including phenoxy) is 1. The molecular formula is C13H13NO. The van der Waals surface area contributed by atoms with Gasteiger partial charge in [0, 0.05) is 11.8 Å². The molecule has 1 aromatic heterocycles. The largest absolute Gasteiger partial charge is 0.439 e. The maximum atomic E-state index is 5.61. The van der Waals surface area contributed by atoms with Gasteiger partial charge in [-0.25, -0.2) is 4.98 Å². The van der Waals surface area contributed by atoms with Crippen molar-refractivity contribution < 1.29 is 4.74 Å². The average Bonchev–Trinajstić information content (AvgIpc) is 2.31. The maximum Gasteiger partial charge on any atom is 0.219 e. The Bertz CT molecular complexity index is 426. The van der Waals surface area contributed by atoms with Gasteiger partial charge in [-0.05, 0) is 24.6 Å². The van der Waals surface area contributed by atoms with Crippen molar-refractivity contribution in [3.8, 4) is 11.6 Å². The number of hydrogen-bond acceptors (Lipinski definition) is 2. The summed E-state index contributed by atoms with van der Waals surface area (Å²) >= 11 is 0. The maximum absolute atomic E-state index is 5.61. The zero-order valence-electron chi connectivity index (χ0n) is 8.68. The molecule has 0 fully saturated rings. The number of benzene rings is 1. The Morgan fingerprint density at radius 1 is 1.00 bits per heavy atom. The van der Waals surface area contributed by atoms with Crippen molar-refractivity contribution in [2.75, 3.05) is 0 Å². The van der Waals surface area contributed by atoms with Crippen molar-refractivity contribution in [1.82, 2.24) is 4.98 Å². The predicted molar refractivity (Wildman–Crippen MR) is 60.1 cm³/mol. The Morgan fingerprint density at radius 3 is 2.53 bits per heavy atom. The van der Waals surface area contributed by atoms with Gasteiger partial charge in [-0.1, -0.05) is 31.2 Å². The van der Waals surface area contributed by atoms with E-state index in [2.05, 4.69) is 11.9 Å². The standard InChI is InChI=1S/C13H13NO/c1-2-11-7-6-10-13(14-11)15-12-8-4-3-5-9-12/h3-10H,2H2,1H3. The van der Waals surface area contributed by atoms with E-state index >= 15 is 0 Å². The van der Waals surface area contributed by atoms with E-state index in [4.69, 9.17) is 4.74 Å². The van der Waals surface area contributed by atoms with Gasteiger partial charge in [-0.3, -0.25) is 0 Å². The molecule has 2 rings (SSSR count). The molecule has 0 saturated heterocycles. The molecule has 0 spiro atoms. The summed E-state index contributed by atoms with van der Waals surface area (Å²) in [4.78, 5) is 4.36. The van der Waals surface area contributed by atoms with Crippen molar-refractivity contribution in [3.63, 3.8) is 0 Å². The summed E-state index contributed by atoms with van der Waals surface area (Å²) < 4.78 is 5.61. The first-order chi connectivity index (χ1) is 7.38. The first-order valence-corrected chi connectivity index (χ1v) is 5.07. The van der Waals surface area contributed by atoms with Crippen molar-refractivity contribution >= 4 is 0 Å². The molecule has 2 aromatic rings. The van der Waals surface area contributed by atoms with Crippen LogP contribution in [0, 0.1) is 0 Å². The Balaban J connectivity index is 2.17. The number of aryl methyl sites for hydroxylation is 1. The Kier molecular flexibility index (Phi) is 2.98. The van der Waals surface area contributed by atoms with Crippen LogP contribution in [0.4, 0.5) is 0 Å². The second-order valence-electron chi connectivity index (χ2n) is 3.24. The SMILES string of the molecule is CCc1cccc(Oc2ccccc2)n1. The van der Waals surface area contributed by atoms with E-state index in [0.29, 0.717) is 5.88 Å². The van der Waals surface area contributed by atoms with Crippen LogP contribution in [0.5, 0.6) is 11.6 Å². The molecule has 0 N–H and O–H groups in total. The summed E-state index contributed by atoms with van der Waals surface area (Å²) in [7, 11) is 0. The third-order valence-corrected chi connectivity index (χ3v) is 2.11. The van der Waals surface area contributed by atoms with Gasteiger partial charge in [0.2, 0.25) is 5.88 Å². The van der Waals surface area contributed by atoms with Gasteiger partial charge in [0.15, 0.2) is 0 Å². The number of rotatable bonds is 3. The summed E-state index contributed by atoms with van der Waals surface area (Å²) in [6, 6.07) is 15.5. The fraction of sp³-hybridized carbons (Fsp3) is 0.154. The number of para-hydroxylation sites is 1. The molecule has 15 heavy (non-hydrogen) atoms. The van der Waals surface area contributed by atoms with Crippen LogP contribution >= 0.6 is 0 Å².